The van der Waals surface area contributed by atoms with E-state index in [2.05, 4.69) is 15.5 Å². The number of rotatable bonds is 7. The van der Waals surface area contributed by atoms with E-state index in [-0.39, 0.29) is 12.3 Å². The molecule has 2 heterocycles. The van der Waals surface area contributed by atoms with Gasteiger partial charge in [-0.1, -0.05) is 12.1 Å². The maximum atomic E-state index is 12.0. The average molecular weight is 341 g/mol. The van der Waals surface area contributed by atoms with Crippen LogP contribution in [0.1, 0.15) is 23.6 Å². The van der Waals surface area contributed by atoms with Crippen LogP contribution < -0.4 is 10.1 Å². The summed E-state index contributed by atoms with van der Waals surface area (Å²) < 4.78 is 16.0. The minimum Gasteiger partial charge on any atom is -0.497 e. The molecular weight excluding hydrogens is 322 g/mol. The van der Waals surface area contributed by atoms with Crippen molar-refractivity contribution in [1.29, 1.82) is 0 Å². The van der Waals surface area contributed by atoms with Crippen LogP contribution in [0.15, 0.2) is 45.4 Å². The highest BCUT2D eigenvalue weighted by molar-refractivity contribution is 5.76. The number of aryl methyl sites for hydroxylation is 2. The van der Waals surface area contributed by atoms with Gasteiger partial charge < -0.3 is 18.9 Å². The lowest BCUT2D eigenvalue weighted by Crippen LogP contribution is -2.23. The van der Waals surface area contributed by atoms with Gasteiger partial charge in [-0.15, -0.1) is 10.2 Å². The Morgan fingerprint density at radius 1 is 1.28 bits per heavy atom. The van der Waals surface area contributed by atoms with Crippen molar-refractivity contribution in [2.75, 3.05) is 7.11 Å². The fourth-order valence-electron chi connectivity index (χ4n) is 2.36. The topological polar surface area (TPSA) is 90.4 Å². The SMILES string of the molecule is COc1cccc(CNC(=O)CCc2nnc(-c3ccoc3C)o2)c1. The fourth-order valence-corrected chi connectivity index (χ4v) is 2.36. The zero-order valence-corrected chi connectivity index (χ0v) is 14.1. The number of carbonyl (C=O) groups is 1. The predicted molar refractivity (Wildman–Crippen MR) is 89.9 cm³/mol. The molecule has 0 aliphatic carbocycles. The van der Waals surface area contributed by atoms with E-state index < -0.39 is 0 Å². The highest BCUT2D eigenvalue weighted by Crippen LogP contribution is 2.23. The largest absolute Gasteiger partial charge is 0.497 e. The van der Waals surface area contributed by atoms with Crippen molar-refractivity contribution < 1.29 is 18.4 Å². The predicted octanol–water partition coefficient (Wildman–Crippen LogP) is 2.90. The molecule has 0 unspecified atom stereocenters. The van der Waals surface area contributed by atoms with Gasteiger partial charge in [0, 0.05) is 19.4 Å². The average Bonchev–Trinajstić information content (AvgIpc) is 3.27. The van der Waals surface area contributed by atoms with E-state index in [0.29, 0.717) is 30.5 Å². The van der Waals surface area contributed by atoms with E-state index in [0.717, 1.165) is 16.9 Å². The van der Waals surface area contributed by atoms with Crippen LogP contribution >= 0.6 is 0 Å². The van der Waals surface area contributed by atoms with Gasteiger partial charge in [-0.2, -0.15) is 0 Å². The summed E-state index contributed by atoms with van der Waals surface area (Å²) >= 11 is 0. The summed E-state index contributed by atoms with van der Waals surface area (Å²) in [6, 6.07) is 9.34. The number of nitrogens with zero attached hydrogens (tertiary/aromatic N) is 2. The van der Waals surface area contributed by atoms with Crippen LogP contribution in [0.5, 0.6) is 5.75 Å². The van der Waals surface area contributed by atoms with E-state index in [1.807, 2.05) is 31.2 Å². The van der Waals surface area contributed by atoms with Gasteiger partial charge in [0.15, 0.2) is 0 Å². The molecule has 7 heteroatoms. The van der Waals surface area contributed by atoms with Crippen molar-refractivity contribution in [2.45, 2.75) is 26.3 Å². The van der Waals surface area contributed by atoms with Gasteiger partial charge in [0.25, 0.3) is 5.89 Å². The van der Waals surface area contributed by atoms with Crippen LogP contribution in [-0.4, -0.2) is 23.2 Å². The van der Waals surface area contributed by atoms with Crippen molar-refractivity contribution in [3.63, 3.8) is 0 Å². The minimum absolute atomic E-state index is 0.0814. The summed E-state index contributed by atoms with van der Waals surface area (Å²) in [5.41, 5.74) is 1.74. The number of nitrogens with one attached hydrogen (secondary N) is 1. The Morgan fingerprint density at radius 2 is 2.16 bits per heavy atom. The Morgan fingerprint density at radius 3 is 2.92 bits per heavy atom. The summed E-state index contributed by atoms with van der Waals surface area (Å²) in [6.45, 7) is 2.27. The minimum atomic E-state index is -0.0814. The van der Waals surface area contributed by atoms with E-state index in [4.69, 9.17) is 13.6 Å². The third-order valence-corrected chi connectivity index (χ3v) is 3.75. The molecule has 7 nitrogen and oxygen atoms in total. The number of hydrogen-bond donors (Lipinski definition) is 1. The van der Waals surface area contributed by atoms with Gasteiger partial charge in [0.2, 0.25) is 11.8 Å². The van der Waals surface area contributed by atoms with E-state index >= 15 is 0 Å². The summed E-state index contributed by atoms with van der Waals surface area (Å²) in [7, 11) is 1.61. The molecule has 0 bridgehead atoms. The molecule has 0 aliphatic rings. The Labute approximate surface area is 145 Å². The van der Waals surface area contributed by atoms with Gasteiger partial charge in [-0.25, -0.2) is 0 Å². The molecule has 2 aromatic heterocycles. The van der Waals surface area contributed by atoms with Crippen molar-refractivity contribution in [3.8, 4) is 17.2 Å². The number of benzene rings is 1. The summed E-state index contributed by atoms with van der Waals surface area (Å²) in [6.07, 6.45) is 2.23. The zero-order chi connectivity index (χ0) is 17.6. The van der Waals surface area contributed by atoms with Crippen LogP contribution in [0, 0.1) is 6.92 Å². The first-order chi connectivity index (χ1) is 12.2. The lowest BCUT2D eigenvalue weighted by molar-refractivity contribution is -0.121. The Bertz CT molecular complexity index is 853. The van der Waals surface area contributed by atoms with Crippen molar-refractivity contribution in [1.82, 2.24) is 15.5 Å². The third kappa shape index (κ3) is 4.26. The molecule has 0 radical (unpaired) electrons. The first-order valence-corrected chi connectivity index (χ1v) is 7.92. The van der Waals surface area contributed by atoms with Gasteiger partial charge in [0.05, 0.1) is 18.9 Å². The van der Waals surface area contributed by atoms with Gasteiger partial charge in [-0.05, 0) is 30.7 Å². The van der Waals surface area contributed by atoms with Crippen LogP contribution in [0.3, 0.4) is 0 Å². The van der Waals surface area contributed by atoms with Crippen molar-refractivity contribution >= 4 is 5.91 Å². The Hall–Kier alpha value is -3.09. The van der Waals surface area contributed by atoms with Gasteiger partial charge in [0.1, 0.15) is 11.5 Å². The van der Waals surface area contributed by atoms with Crippen molar-refractivity contribution in [3.05, 3.63) is 53.8 Å². The Kier molecular flexibility index (Phi) is 5.13. The molecule has 1 aromatic carbocycles. The van der Waals surface area contributed by atoms with Crippen molar-refractivity contribution in [2.24, 2.45) is 0 Å². The second-order valence-corrected chi connectivity index (χ2v) is 5.52. The van der Waals surface area contributed by atoms with E-state index in [1.165, 1.54) is 0 Å². The van der Waals surface area contributed by atoms with Crippen LogP contribution in [0.4, 0.5) is 0 Å². The van der Waals surface area contributed by atoms with Gasteiger partial charge >= 0.3 is 0 Å². The molecule has 0 spiro atoms. The first kappa shape index (κ1) is 16.8. The molecule has 1 amide bonds. The smallest absolute Gasteiger partial charge is 0.251 e. The molecule has 3 rings (SSSR count). The molecule has 0 saturated carbocycles. The monoisotopic (exact) mass is 341 g/mol. The Balaban J connectivity index is 1.49. The van der Waals surface area contributed by atoms with E-state index in [9.17, 15) is 4.79 Å². The maximum absolute atomic E-state index is 12.0. The standard InChI is InChI=1S/C18H19N3O4/c1-12-15(8-9-24-12)18-21-20-17(25-18)7-6-16(22)19-11-13-4-3-5-14(10-13)23-2/h3-5,8-10H,6-7,11H2,1-2H3,(H,19,22). The number of aromatic nitrogens is 2. The number of amides is 1. The summed E-state index contributed by atoms with van der Waals surface area (Å²) in [5.74, 6) is 2.22. The zero-order valence-electron chi connectivity index (χ0n) is 14.1. The second-order valence-electron chi connectivity index (χ2n) is 5.52. The van der Waals surface area contributed by atoms with Crippen LogP contribution in [0.25, 0.3) is 11.5 Å². The normalized spacial score (nSPS) is 10.6. The lowest BCUT2D eigenvalue weighted by atomic mass is 10.2. The lowest BCUT2D eigenvalue weighted by Gasteiger charge is -2.06. The molecule has 0 fully saturated rings. The molecule has 0 aliphatic heterocycles. The summed E-state index contributed by atoms with van der Waals surface area (Å²) in [5, 5.41) is 10.8. The third-order valence-electron chi connectivity index (χ3n) is 3.75. The number of carbonyl (C=O) groups excluding carboxylic acids is 1. The van der Waals surface area contributed by atoms with E-state index in [1.54, 1.807) is 19.4 Å². The van der Waals surface area contributed by atoms with Gasteiger partial charge in [-0.3, -0.25) is 4.79 Å². The molecule has 130 valence electrons. The molecule has 1 N–H and O–H groups in total. The first-order valence-electron chi connectivity index (χ1n) is 7.92. The summed E-state index contributed by atoms with van der Waals surface area (Å²) in [4.78, 5) is 12.0. The number of hydrogen-bond acceptors (Lipinski definition) is 6. The molecule has 0 saturated heterocycles. The molecular formula is C18H19N3O4. The molecule has 25 heavy (non-hydrogen) atoms. The van der Waals surface area contributed by atoms with Crippen LogP contribution in [0.2, 0.25) is 0 Å². The van der Waals surface area contributed by atoms with Crippen LogP contribution in [-0.2, 0) is 17.8 Å². The highest BCUT2D eigenvalue weighted by Gasteiger charge is 2.13. The number of ether oxygens (including phenoxy) is 1. The quantitative estimate of drug-likeness (QED) is 0.710. The number of methoxy groups -OCH3 is 1. The molecule has 0 atom stereocenters. The molecule has 3 aromatic rings. The number of furan rings is 1. The maximum Gasteiger partial charge on any atom is 0.251 e. The second kappa shape index (κ2) is 7.65. The highest BCUT2D eigenvalue weighted by atomic mass is 16.5. The fraction of sp³-hybridized carbons (Fsp3) is 0.278.